The number of carbonyl (C=O) groups excluding carboxylic acids is 1. The van der Waals surface area contributed by atoms with Gasteiger partial charge in [-0.05, 0) is 24.3 Å². The predicted octanol–water partition coefficient (Wildman–Crippen LogP) is 3.55. The highest BCUT2D eigenvalue weighted by molar-refractivity contribution is 9.10. The third-order valence-corrected chi connectivity index (χ3v) is 4.41. The fourth-order valence-electron chi connectivity index (χ4n) is 2.60. The number of rotatable bonds is 7. The summed E-state index contributed by atoms with van der Waals surface area (Å²) < 4.78 is 36.4. The molecule has 1 aromatic heterocycles. The number of aryl methyl sites for hydroxylation is 1. The normalized spacial score (nSPS) is 11.1. The Morgan fingerprint density at radius 2 is 2.15 bits per heavy atom. The number of aromatic nitrogens is 2. The van der Waals surface area contributed by atoms with Gasteiger partial charge in [0.05, 0.1) is 36.4 Å². The van der Waals surface area contributed by atoms with Crippen molar-refractivity contribution in [3.8, 4) is 0 Å². The molecule has 0 aliphatic rings. The molecule has 0 radical (unpaired) electrons. The van der Waals surface area contributed by atoms with Crippen molar-refractivity contribution in [2.75, 3.05) is 25.1 Å². The Bertz CT molecular complexity index is 1010. The number of ketones is 1. The molecule has 27 heavy (non-hydrogen) atoms. The zero-order valence-corrected chi connectivity index (χ0v) is 15.9. The first-order chi connectivity index (χ1) is 12.9. The second kappa shape index (κ2) is 8.12. The highest BCUT2D eigenvalue weighted by Crippen LogP contribution is 2.32. The minimum absolute atomic E-state index is 0.00357. The number of halogens is 3. The lowest BCUT2D eigenvalue weighted by atomic mass is 10.1. The Kier molecular flexibility index (Phi) is 5.83. The summed E-state index contributed by atoms with van der Waals surface area (Å²) in [7, 11) is 1.67. The molecule has 3 aromatic rings. The number of imidazole rings is 1. The first kappa shape index (κ1) is 19.4. The smallest absolute Gasteiger partial charge is 0.190 e. The van der Waals surface area contributed by atoms with Crippen molar-refractivity contribution in [2.45, 2.75) is 0 Å². The summed E-state index contributed by atoms with van der Waals surface area (Å²) in [6, 6.07) is 5.73. The van der Waals surface area contributed by atoms with Crippen LogP contribution in [0.1, 0.15) is 10.4 Å². The number of aliphatic hydroxyl groups excluding tert-OH is 1. The Labute approximate surface area is 161 Å². The molecule has 1 heterocycles. The van der Waals surface area contributed by atoms with E-state index in [4.69, 9.17) is 9.84 Å². The maximum Gasteiger partial charge on any atom is 0.190 e. The predicted molar refractivity (Wildman–Crippen MR) is 100 cm³/mol. The van der Waals surface area contributed by atoms with Crippen LogP contribution < -0.4 is 5.32 Å². The van der Waals surface area contributed by atoms with Gasteiger partial charge < -0.3 is 19.7 Å². The summed E-state index contributed by atoms with van der Waals surface area (Å²) in [6.07, 6.45) is 1.42. The number of anilines is 2. The van der Waals surface area contributed by atoms with Crippen LogP contribution in [0.2, 0.25) is 0 Å². The molecule has 0 amide bonds. The van der Waals surface area contributed by atoms with Gasteiger partial charge in [0.1, 0.15) is 17.9 Å². The molecule has 3 rings (SSSR count). The van der Waals surface area contributed by atoms with E-state index >= 15 is 4.39 Å². The van der Waals surface area contributed by atoms with Crippen LogP contribution in [0.5, 0.6) is 0 Å². The number of benzene rings is 2. The monoisotopic (exact) mass is 439 g/mol. The highest BCUT2D eigenvalue weighted by atomic mass is 79.9. The lowest BCUT2D eigenvalue weighted by molar-refractivity contribution is 0.0664. The molecule has 0 fully saturated rings. The van der Waals surface area contributed by atoms with Crippen molar-refractivity contribution in [3.05, 3.63) is 52.3 Å². The Hall–Kier alpha value is -2.36. The molecule has 0 atom stereocenters. The van der Waals surface area contributed by atoms with Gasteiger partial charge in [0, 0.05) is 17.1 Å². The van der Waals surface area contributed by atoms with Crippen molar-refractivity contribution < 1.29 is 23.4 Å². The largest absolute Gasteiger partial charge is 0.394 e. The summed E-state index contributed by atoms with van der Waals surface area (Å²) in [4.78, 5) is 16.6. The molecule has 0 unspecified atom stereocenters. The van der Waals surface area contributed by atoms with Crippen LogP contribution in [0.3, 0.4) is 0 Å². The topological polar surface area (TPSA) is 76.4 Å². The standard InChI is InChI=1S/C18H16BrF2N3O3/c1-24-9-22-18-14(24)7-11(15(26)8-27-5-4-25)17(16(18)21)23-13-3-2-10(19)6-12(13)20/h2-3,6-7,9,23,25H,4-5,8H2,1H3. The van der Waals surface area contributed by atoms with Gasteiger partial charge in [-0.15, -0.1) is 0 Å². The third-order valence-electron chi connectivity index (χ3n) is 3.92. The van der Waals surface area contributed by atoms with Crippen LogP contribution >= 0.6 is 15.9 Å². The number of aliphatic hydroxyl groups is 1. The fourth-order valence-corrected chi connectivity index (χ4v) is 2.93. The molecule has 9 heteroatoms. The first-order valence-corrected chi connectivity index (χ1v) is 8.79. The second-order valence-corrected chi connectivity index (χ2v) is 6.70. The van der Waals surface area contributed by atoms with Gasteiger partial charge in [0.25, 0.3) is 0 Å². The van der Waals surface area contributed by atoms with E-state index in [1.54, 1.807) is 17.7 Å². The summed E-state index contributed by atoms with van der Waals surface area (Å²) in [6.45, 7) is -0.606. The number of Topliss-reactive ketones (excluding diaryl/α,β-unsaturated/α-hetero) is 1. The first-order valence-electron chi connectivity index (χ1n) is 7.99. The summed E-state index contributed by atoms with van der Waals surface area (Å²) in [5.74, 6) is -1.88. The van der Waals surface area contributed by atoms with Crippen LogP contribution in [0.4, 0.5) is 20.2 Å². The maximum atomic E-state index is 15.1. The molecular formula is C18H16BrF2N3O3. The SMILES string of the molecule is Cn1cnc2c(F)c(Nc3ccc(Br)cc3F)c(C(=O)COCCO)cc21. The molecule has 0 spiro atoms. The van der Waals surface area contributed by atoms with Crippen molar-refractivity contribution in [3.63, 3.8) is 0 Å². The van der Waals surface area contributed by atoms with Gasteiger partial charge >= 0.3 is 0 Å². The summed E-state index contributed by atoms with van der Waals surface area (Å²) >= 11 is 3.16. The molecule has 6 nitrogen and oxygen atoms in total. The van der Waals surface area contributed by atoms with E-state index in [0.717, 1.165) is 0 Å². The molecule has 0 saturated heterocycles. The molecular weight excluding hydrogens is 424 g/mol. The summed E-state index contributed by atoms with van der Waals surface area (Å²) in [5, 5.41) is 11.4. The van der Waals surface area contributed by atoms with Crippen LogP contribution in [0, 0.1) is 11.6 Å². The van der Waals surface area contributed by atoms with Crippen LogP contribution in [0.25, 0.3) is 11.0 Å². The lowest BCUT2D eigenvalue weighted by Crippen LogP contribution is -2.14. The number of nitrogens with one attached hydrogen (secondary N) is 1. The maximum absolute atomic E-state index is 15.1. The quantitative estimate of drug-likeness (QED) is 0.434. The molecule has 0 bridgehead atoms. The zero-order valence-electron chi connectivity index (χ0n) is 14.3. The van der Waals surface area contributed by atoms with Crippen molar-refractivity contribution in [1.29, 1.82) is 0 Å². The van der Waals surface area contributed by atoms with Crippen molar-refractivity contribution >= 4 is 44.1 Å². The average Bonchev–Trinajstić information content (AvgIpc) is 3.00. The number of ether oxygens (including phenoxy) is 1. The zero-order chi connectivity index (χ0) is 19.6. The van der Waals surface area contributed by atoms with E-state index in [1.807, 2.05) is 0 Å². The van der Waals surface area contributed by atoms with Gasteiger partial charge in [0.2, 0.25) is 0 Å². The van der Waals surface area contributed by atoms with E-state index in [1.165, 1.54) is 24.5 Å². The van der Waals surface area contributed by atoms with E-state index in [-0.39, 0.29) is 42.3 Å². The van der Waals surface area contributed by atoms with Crippen molar-refractivity contribution in [1.82, 2.24) is 9.55 Å². The molecule has 0 aliphatic carbocycles. The average molecular weight is 440 g/mol. The van der Waals surface area contributed by atoms with Crippen LogP contribution in [-0.4, -0.2) is 40.3 Å². The molecule has 0 saturated carbocycles. The Morgan fingerprint density at radius 3 is 2.85 bits per heavy atom. The number of carbonyl (C=O) groups is 1. The number of fused-ring (bicyclic) bond motifs is 1. The fraction of sp³-hybridized carbons (Fsp3) is 0.222. The van der Waals surface area contributed by atoms with Gasteiger partial charge in [-0.25, -0.2) is 13.8 Å². The minimum Gasteiger partial charge on any atom is -0.394 e. The molecule has 2 N–H and O–H groups in total. The van der Waals surface area contributed by atoms with Crippen LogP contribution in [0.15, 0.2) is 35.1 Å². The third kappa shape index (κ3) is 4.00. The number of nitrogens with zero attached hydrogens (tertiary/aromatic N) is 2. The van der Waals surface area contributed by atoms with E-state index in [2.05, 4.69) is 26.2 Å². The van der Waals surface area contributed by atoms with Crippen LogP contribution in [-0.2, 0) is 11.8 Å². The molecule has 142 valence electrons. The Morgan fingerprint density at radius 1 is 1.37 bits per heavy atom. The number of hydrogen-bond acceptors (Lipinski definition) is 5. The molecule has 2 aromatic carbocycles. The van der Waals surface area contributed by atoms with E-state index in [0.29, 0.717) is 9.99 Å². The number of hydrogen-bond donors (Lipinski definition) is 2. The van der Waals surface area contributed by atoms with Crippen molar-refractivity contribution in [2.24, 2.45) is 7.05 Å². The van der Waals surface area contributed by atoms with E-state index in [9.17, 15) is 9.18 Å². The van der Waals surface area contributed by atoms with Gasteiger partial charge in [-0.1, -0.05) is 15.9 Å². The van der Waals surface area contributed by atoms with Gasteiger partial charge in [0.15, 0.2) is 11.6 Å². The Balaban J connectivity index is 2.09. The highest BCUT2D eigenvalue weighted by Gasteiger charge is 2.22. The van der Waals surface area contributed by atoms with Gasteiger partial charge in [-0.2, -0.15) is 0 Å². The minimum atomic E-state index is -0.763. The molecule has 0 aliphatic heterocycles. The van der Waals surface area contributed by atoms with Gasteiger partial charge in [-0.3, -0.25) is 4.79 Å². The van der Waals surface area contributed by atoms with E-state index < -0.39 is 17.4 Å². The summed E-state index contributed by atoms with van der Waals surface area (Å²) in [5.41, 5.74) is 0.312. The second-order valence-electron chi connectivity index (χ2n) is 5.78. The lowest BCUT2D eigenvalue weighted by Gasteiger charge is -2.14.